The van der Waals surface area contributed by atoms with Gasteiger partial charge in [-0.25, -0.2) is 0 Å². The normalized spacial score (nSPS) is 16.5. The number of piperazine rings is 1. The number of aromatic hydroxyl groups is 1. The maximum Gasteiger partial charge on any atom is 0.148 e. The molecule has 5 nitrogen and oxygen atoms in total. The van der Waals surface area contributed by atoms with Gasteiger partial charge in [-0.2, -0.15) is 0 Å². The first-order chi connectivity index (χ1) is 8.93. The van der Waals surface area contributed by atoms with E-state index < -0.39 is 5.60 Å². The summed E-state index contributed by atoms with van der Waals surface area (Å²) >= 11 is 0. The van der Waals surface area contributed by atoms with Crippen LogP contribution in [0, 0.1) is 0 Å². The molecule has 0 bridgehead atoms. The summed E-state index contributed by atoms with van der Waals surface area (Å²) < 4.78 is 5.48. The minimum Gasteiger partial charge on any atom is -0.508 e. The van der Waals surface area contributed by atoms with E-state index >= 15 is 0 Å². The Hall–Kier alpha value is -1.46. The highest BCUT2D eigenvalue weighted by molar-refractivity contribution is 5.66. The van der Waals surface area contributed by atoms with E-state index in [1.807, 2.05) is 0 Å². The third-order valence-corrected chi connectivity index (χ3v) is 3.38. The molecule has 19 heavy (non-hydrogen) atoms. The van der Waals surface area contributed by atoms with Crippen LogP contribution in [0.4, 0.5) is 5.69 Å². The quantitative estimate of drug-likeness (QED) is 0.763. The third-order valence-electron chi connectivity index (χ3n) is 3.38. The van der Waals surface area contributed by atoms with Gasteiger partial charge < -0.3 is 25.2 Å². The first-order valence-corrected chi connectivity index (χ1v) is 6.53. The van der Waals surface area contributed by atoms with Gasteiger partial charge in [0.05, 0.1) is 18.4 Å². The van der Waals surface area contributed by atoms with E-state index in [1.54, 1.807) is 33.1 Å². The monoisotopic (exact) mass is 266 g/mol. The van der Waals surface area contributed by atoms with Crippen molar-refractivity contribution < 1.29 is 14.9 Å². The number of phenolic OH excluding ortho intramolecular Hbond substituents is 1. The second-order valence-electron chi connectivity index (χ2n) is 5.34. The van der Waals surface area contributed by atoms with Crippen molar-refractivity contribution in [1.82, 2.24) is 5.32 Å². The third kappa shape index (κ3) is 2.93. The minimum atomic E-state index is -1.06. The fourth-order valence-electron chi connectivity index (χ4n) is 2.41. The van der Waals surface area contributed by atoms with Crippen LogP contribution in [0.3, 0.4) is 0 Å². The van der Waals surface area contributed by atoms with Crippen molar-refractivity contribution >= 4 is 5.69 Å². The van der Waals surface area contributed by atoms with Gasteiger partial charge in [-0.05, 0) is 19.9 Å². The lowest BCUT2D eigenvalue weighted by molar-refractivity contribution is 0.0754. The Balaban J connectivity index is 2.50. The number of methoxy groups -OCH3 is 1. The van der Waals surface area contributed by atoms with E-state index in [0.29, 0.717) is 11.3 Å². The van der Waals surface area contributed by atoms with Crippen molar-refractivity contribution in [2.45, 2.75) is 19.4 Å². The average Bonchev–Trinajstić information content (AvgIpc) is 2.37. The van der Waals surface area contributed by atoms with Crippen molar-refractivity contribution in [3.05, 3.63) is 17.7 Å². The van der Waals surface area contributed by atoms with Crippen LogP contribution in [0.15, 0.2) is 12.1 Å². The van der Waals surface area contributed by atoms with E-state index in [4.69, 9.17) is 4.74 Å². The topological polar surface area (TPSA) is 65.0 Å². The van der Waals surface area contributed by atoms with E-state index in [-0.39, 0.29) is 5.75 Å². The zero-order valence-electron chi connectivity index (χ0n) is 11.7. The summed E-state index contributed by atoms with van der Waals surface area (Å²) in [6, 6.07) is 3.25. The highest BCUT2D eigenvalue weighted by Gasteiger charge is 2.26. The lowest BCUT2D eigenvalue weighted by atomic mass is 9.95. The summed E-state index contributed by atoms with van der Waals surface area (Å²) in [7, 11) is 1.59. The standard InChI is InChI=1S/C14H22N2O3/c1-14(2,18)11-8-10(17)9-12(13(11)19-3)16-6-4-15-5-7-16/h8-9,15,17-18H,4-7H2,1-3H3. The number of nitrogens with zero attached hydrogens (tertiary/aromatic N) is 1. The molecule has 5 heteroatoms. The van der Waals surface area contributed by atoms with Crippen LogP contribution >= 0.6 is 0 Å². The van der Waals surface area contributed by atoms with Crippen LogP contribution in [0.2, 0.25) is 0 Å². The first kappa shape index (κ1) is 14.0. The molecule has 1 aliphatic heterocycles. The number of hydrogen-bond donors (Lipinski definition) is 3. The predicted octanol–water partition coefficient (Wildman–Crippen LogP) is 1.04. The minimum absolute atomic E-state index is 0.145. The highest BCUT2D eigenvalue weighted by Crippen LogP contribution is 2.41. The molecule has 0 spiro atoms. The maximum absolute atomic E-state index is 10.2. The number of benzene rings is 1. The van der Waals surface area contributed by atoms with Crippen molar-refractivity contribution in [3.8, 4) is 11.5 Å². The van der Waals surface area contributed by atoms with Gasteiger partial charge in [0.15, 0.2) is 0 Å². The number of anilines is 1. The average molecular weight is 266 g/mol. The van der Waals surface area contributed by atoms with Crippen LogP contribution in [0.25, 0.3) is 0 Å². The Kier molecular flexibility index (Phi) is 3.87. The highest BCUT2D eigenvalue weighted by atomic mass is 16.5. The summed E-state index contributed by atoms with van der Waals surface area (Å²) in [6.07, 6.45) is 0. The molecular weight excluding hydrogens is 244 g/mol. The van der Waals surface area contributed by atoms with Crippen molar-refractivity contribution in [3.63, 3.8) is 0 Å². The fourth-order valence-corrected chi connectivity index (χ4v) is 2.41. The smallest absolute Gasteiger partial charge is 0.148 e. The molecule has 106 valence electrons. The summed E-state index contributed by atoms with van der Waals surface area (Å²) in [5, 5.41) is 23.4. The zero-order valence-corrected chi connectivity index (χ0v) is 11.7. The number of rotatable bonds is 3. The van der Waals surface area contributed by atoms with Crippen LogP contribution in [-0.2, 0) is 5.60 Å². The van der Waals surface area contributed by atoms with Crippen molar-refractivity contribution in [2.24, 2.45) is 0 Å². The van der Waals surface area contributed by atoms with Crippen LogP contribution in [-0.4, -0.2) is 43.5 Å². The summed E-state index contributed by atoms with van der Waals surface area (Å²) in [6.45, 7) is 6.88. The molecule has 1 aromatic rings. The molecular formula is C14H22N2O3. The summed E-state index contributed by atoms with van der Waals surface area (Å²) in [5.74, 6) is 0.777. The first-order valence-electron chi connectivity index (χ1n) is 6.53. The van der Waals surface area contributed by atoms with Gasteiger partial charge in [0.2, 0.25) is 0 Å². The van der Waals surface area contributed by atoms with Gasteiger partial charge in [-0.15, -0.1) is 0 Å². The second-order valence-corrected chi connectivity index (χ2v) is 5.34. The van der Waals surface area contributed by atoms with Gasteiger partial charge in [-0.3, -0.25) is 0 Å². The largest absolute Gasteiger partial charge is 0.508 e. The Labute approximate surface area is 113 Å². The van der Waals surface area contributed by atoms with E-state index in [1.165, 1.54) is 0 Å². The molecule has 1 saturated heterocycles. The molecule has 3 N–H and O–H groups in total. The van der Waals surface area contributed by atoms with Crippen molar-refractivity contribution in [1.29, 1.82) is 0 Å². The second kappa shape index (κ2) is 5.27. The molecule has 0 amide bonds. The van der Waals surface area contributed by atoms with Crippen LogP contribution in [0.1, 0.15) is 19.4 Å². The number of ether oxygens (including phenoxy) is 1. The number of phenols is 1. The van der Waals surface area contributed by atoms with Gasteiger partial charge in [0.25, 0.3) is 0 Å². The molecule has 0 saturated carbocycles. The van der Waals surface area contributed by atoms with E-state index in [0.717, 1.165) is 31.9 Å². The molecule has 0 aliphatic carbocycles. The van der Waals surface area contributed by atoms with Crippen molar-refractivity contribution in [2.75, 3.05) is 38.2 Å². The van der Waals surface area contributed by atoms with Gasteiger partial charge in [-0.1, -0.05) is 0 Å². The Morgan fingerprint density at radius 2 is 1.89 bits per heavy atom. The summed E-state index contributed by atoms with van der Waals surface area (Å²) in [5.41, 5.74) is 0.372. The van der Waals surface area contributed by atoms with E-state index in [2.05, 4.69) is 10.2 Å². The molecule has 1 aliphatic rings. The Bertz CT molecular complexity index is 449. The Morgan fingerprint density at radius 3 is 2.42 bits per heavy atom. The van der Waals surface area contributed by atoms with Crippen LogP contribution < -0.4 is 15.0 Å². The fraction of sp³-hybridized carbons (Fsp3) is 0.571. The molecule has 2 rings (SSSR count). The SMILES string of the molecule is COc1c(N2CCNCC2)cc(O)cc1C(C)(C)O. The van der Waals surface area contributed by atoms with Gasteiger partial charge in [0.1, 0.15) is 11.5 Å². The lowest BCUT2D eigenvalue weighted by Gasteiger charge is -2.32. The Morgan fingerprint density at radius 1 is 1.26 bits per heavy atom. The maximum atomic E-state index is 10.2. The predicted molar refractivity (Wildman–Crippen MR) is 75.0 cm³/mol. The molecule has 0 radical (unpaired) electrons. The van der Waals surface area contributed by atoms with E-state index in [9.17, 15) is 10.2 Å². The summed E-state index contributed by atoms with van der Waals surface area (Å²) in [4.78, 5) is 2.16. The molecule has 1 heterocycles. The molecule has 1 aromatic carbocycles. The number of aliphatic hydroxyl groups is 1. The molecule has 0 atom stereocenters. The zero-order chi connectivity index (χ0) is 14.0. The lowest BCUT2D eigenvalue weighted by Crippen LogP contribution is -2.43. The molecule has 0 unspecified atom stereocenters. The molecule has 1 fully saturated rings. The van der Waals surface area contributed by atoms with Gasteiger partial charge in [0, 0.05) is 37.8 Å². The molecule has 0 aromatic heterocycles. The van der Waals surface area contributed by atoms with Gasteiger partial charge >= 0.3 is 0 Å². The number of hydrogen-bond acceptors (Lipinski definition) is 5. The number of nitrogens with one attached hydrogen (secondary N) is 1. The van der Waals surface area contributed by atoms with Crippen LogP contribution in [0.5, 0.6) is 11.5 Å².